The lowest BCUT2D eigenvalue weighted by Crippen LogP contribution is -2.52. The Kier molecular flexibility index (Phi) is 3.08. The van der Waals surface area contributed by atoms with E-state index in [1.807, 2.05) is 12.2 Å². The Labute approximate surface area is 122 Å². The molecule has 0 aromatic heterocycles. The molecule has 0 radical (unpaired) electrons. The molecule has 0 aliphatic heterocycles. The Bertz CT molecular complexity index is 520. The average Bonchev–Trinajstić information content (AvgIpc) is 2.36. The maximum Gasteiger partial charge on any atom is 0.159 e. The van der Waals surface area contributed by atoms with Crippen molar-refractivity contribution in [2.45, 2.75) is 52.9 Å². The number of carbonyl (C=O) groups is 1. The zero-order valence-corrected chi connectivity index (χ0v) is 13.0. The van der Waals surface area contributed by atoms with Crippen LogP contribution in [0.25, 0.3) is 0 Å². The van der Waals surface area contributed by atoms with Gasteiger partial charge in [0.2, 0.25) is 0 Å². The minimum atomic E-state index is 0.147. The Hall–Kier alpha value is -1.11. The SMILES string of the molecule is C=CC1=CC[C@H]2C(=CC(=O)[C@H]3C(C)(C)CCC[C@]23C)C1. The quantitative estimate of drug-likeness (QED) is 0.665. The fourth-order valence-corrected chi connectivity index (χ4v) is 5.31. The molecule has 0 unspecified atom stereocenters. The van der Waals surface area contributed by atoms with Crippen molar-refractivity contribution < 1.29 is 4.79 Å². The van der Waals surface area contributed by atoms with Crippen molar-refractivity contribution >= 4 is 5.78 Å². The molecule has 1 fully saturated rings. The van der Waals surface area contributed by atoms with Crippen molar-refractivity contribution in [1.29, 1.82) is 0 Å². The van der Waals surface area contributed by atoms with E-state index in [1.54, 1.807) is 0 Å². The molecule has 108 valence electrons. The summed E-state index contributed by atoms with van der Waals surface area (Å²) in [6.45, 7) is 10.8. The van der Waals surface area contributed by atoms with Crippen molar-refractivity contribution in [3.63, 3.8) is 0 Å². The van der Waals surface area contributed by atoms with Gasteiger partial charge in [-0.25, -0.2) is 0 Å². The van der Waals surface area contributed by atoms with E-state index in [0.29, 0.717) is 11.7 Å². The van der Waals surface area contributed by atoms with Crippen molar-refractivity contribution in [3.8, 4) is 0 Å². The molecule has 1 saturated carbocycles. The van der Waals surface area contributed by atoms with Crippen LogP contribution in [-0.2, 0) is 4.79 Å². The summed E-state index contributed by atoms with van der Waals surface area (Å²) in [6.07, 6.45) is 11.9. The van der Waals surface area contributed by atoms with Crippen molar-refractivity contribution in [3.05, 3.63) is 36.0 Å². The van der Waals surface area contributed by atoms with Gasteiger partial charge in [0.1, 0.15) is 0 Å². The second-order valence-corrected chi connectivity index (χ2v) is 7.85. The third kappa shape index (κ3) is 1.86. The lowest BCUT2D eigenvalue weighted by atomic mass is 9.47. The molecule has 1 heteroatoms. The molecule has 0 amide bonds. The van der Waals surface area contributed by atoms with Crippen LogP contribution < -0.4 is 0 Å². The van der Waals surface area contributed by atoms with Gasteiger partial charge in [-0.05, 0) is 54.1 Å². The fourth-order valence-electron chi connectivity index (χ4n) is 5.31. The maximum atomic E-state index is 12.8. The topological polar surface area (TPSA) is 17.1 Å². The van der Waals surface area contributed by atoms with E-state index >= 15 is 0 Å². The highest BCUT2D eigenvalue weighted by atomic mass is 16.1. The number of hydrogen-bond acceptors (Lipinski definition) is 1. The zero-order valence-electron chi connectivity index (χ0n) is 13.0. The molecule has 3 aliphatic rings. The summed E-state index contributed by atoms with van der Waals surface area (Å²) in [5, 5.41) is 0. The highest BCUT2D eigenvalue weighted by molar-refractivity contribution is 5.95. The molecule has 3 atom stereocenters. The number of carbonyl (C=O) groups excluding carboxylic acids is 1. The maximum absolute atomic E-state index is 12.8. The number of ketones is 1. The molecular formula is C19H26O. The summed E-state index contributed by atoms with van der Waals surface area (Å²) < 4.78 is 0. The summed E-state index contributed by atoms with van der Waals surface area (Å²) in [6, 6.07) is 0. The number of fused-ring (bicyclic) bond motifs is 3. The number of rotatable bonds is 1. The third-order valence-electron chi connectivity index (χ3n) is 6.12. The molecule has 0 heterocycles. The second kappa shape index (κ2) is 4.44. The van der Waals surface area contributed by atoms with Crippen molar-refractivity contribution in [2.24, 2.45) is 22.7 Å². The molecule has 0 bridgehead atoms. The highest BCUT2D eigenvalue weighted by Gasteiger charge is 2.55. The molecule has 0 saturated heterocycles. The first kappa shape index (κ1) is 13.9. The third-order valence-corrected chi connectivity index (χ3v) is 6.12. The lowest BCUT2D eigenvalue weighted by Gasteiger charge is -2.56. The second-order valence-electron chi connectivity index (χ2n) is 7.85. The molecule has 0 aromatic carbocycles. The summed E-state index contributed by atoms with van der Waals surface area (Å²) in [7, 11) is 0. The fraction of sp³-hybridized carbons (Fsp3) is 0.632. The van der Waals surface area contributed by atoms with Crippen LogP contribution in [0.4, 0.5) is 0 Å². The van der Waals surface area contributed by atoms with Crippen LogP contribution in [-0.4, -0.2) is 5.78 Å². The van der Waals surface area contributed by atoms with Gasteiger partial charge in [0.15, 0.2) is 5.78 Å². The van der Waals surface area contributed by atoms with Crippen LogP contribution in [0, 0.1) is 22.7 Å². The van der Waals surface area contributed by atoms with Gasteiger partial charge in [-0.15, -0.1) is 0 Å². The summed E-state index contributed by atoms with van der Waals surface area (Å²) >= 11 is 0. The van der Waals surface area contributed by atoms with E-state index in [2.05, 4.69) is 33.4 Å². The van der Waals surface area contributed by atoms with Crippen LogP contribution in [0.5, 0.6) is 0 Å². The van der Waals surface area contributed by atoms with Crippen LogP contribution >= 0.6 is 0 Å². The van der Waals surface area contributed by atoms with Crippen LogP contribution in [0.1, 0.15) is 52.9 Å². The van der Waals surface area contributed by atoms with Gasteiger partial charge >= 0.3 is 0 Å². The Balaban J connectivity index is 2.06. The molecule has 20 heavy (non-hydrogen) atoms. The lowest BCUT2D eigenvalue weighted by molar-refractivity contribution is -0.136. The summed E-state index contributed by atoms with van der Waals surface area (Å²) in [5.41, 5.74) is 2.96. The first-order chi connectivity index (χ1) is 9.38. The molecule has 3 aliphatic carbocycles. The van der Waals surface area contributed by atoms with Crippen LogP contribution in [0.15, 0.2) is 36.0 Å². The zero-order chi connectivity index (χ0) is 14.5. The van der Waals surface area contributed by atoms with E-state index in [1.165, 1.54) is 30.4 Å². The molecule has 0 N–H and O–H groups in total. The van der Waals surface area contributed by atoms with Gasteiger partial charge in [0, 0.05) is 5.92 Å². The predicted octanol–water partition coefficient (Wildman–Crippen LogP) is 4.85. The smallest absolute Gasteiger partial charge is 0.159 e. The average molecular weight is 270 g/mol. The molecule has 0 aromatic rings. The first-order valence-corrected chi connectivity index (χ1v) is 7.94. The Morgan fingerprint density at radius 2 is 2.05 bits per heavy atom. The van der Waals surface area contributed by atoms with Crippen molar-refractivity contribution in [1.82, 2.24) is 0 Å². The van der Waals surface area contributed by atoms with Gasteiger partial charge < -0.3 is 0 Å². The van der Waals surface area contributed by atoms with Gasteiger partial charge in [-0.2, -0.15) is 0 Å². The van der Waals surface area contributed by atoms with Crippen LogP contribution in [0.2, 0.25) is 0 Å². The minimum Gasteiger partial charge on any atom is -0.295 e. The monoisotopic (exact) mass is 270 g/mol. The van der Waals surface area contributed by atoms with Gasteiger partial charge in [-0.1, -0.05) is 51.5 Å². The largest absolute Gasteiger partial charge is 0.295 e. The van der Waals surface area contributed by atoms with E-state index in [-0.39, 0.29) is 16.7 Å². The van der Waals surface area contributed by atoms with E-state index in [9.17, 15) is 4.79 Å². The normalized spacial score (nSPS) is 39.2. The number of hydrogen-bond donors (Lipinski definition) is 0. The van der Waals surface area contributed by atoms with E-state index < -0.39 is 0 Å². The predicted molar refractivity (Wildman–Crippen MR) is 83.3 cm³/mol. The summed E-state index contributed by atoms with van der Waals surface area (Å²) in [4.78, 5) is 12.8. The van der Waals surface area contributed by atoms with Gasteiger partial charge in [0.25, 0.3) is 0 Å². The van der Waals surface area contributed by atoms with Gasteiger partial charge in [-0.3, -0.25) is 4.79 Å². The van der Waals surface area contributed by atoms with Gasteiger partial charge in [0.05, 0.1) is 0 Å². The van der Waals surface area contributed by atoms with Crippen molar-refractivity contribution in [2.75, 3.05) is 0 Å². The molecular weight excluding hydrogens is 244 g/mol. The Morgan fingerprint density at radius 3 is 2.75 bits per heavy atom. The van der Waals surface area contributed by atoms with E-state index in [4.69, 9.17) is 0 Å². The Morgan fingerprint density at radius 1 is 1.30 bits per heavy atom. The minimum absolute atomic E-state index is 0.147. The first-order valence-electron chi connectivity index (χ1n) is 7.94. The van der Waals surface area contributed by atoms with E-state index in [0.717, 1.165) is 12.8 Å². The molecule has 3 rings (SSSR count). The standard InChI is InChI=1S/C19H26O/c1-5-13-7-8-15-14(11-13)12-16(20)17-18(2,3)9-6-10-19(15,17)4/h5,7,12,15,17H,1,6,8-11H2,2-4H3/t15-,17-,19+/m0/s1. The molecule has 0 spiro atoms. The molecule has 1 nitrogen and oxygen atoms in total. The highest BCUT2D eigenvalue weighted by Crippen LogP contribution is 2.60. The summed E-state index contributed by atoms with van der Waals surface area (Å²) in [5.74, 6) is 1.15. The van der Waals surface area contributed by atoms with Crippen LogP contribution in [0.3, 0.4) is 0 Å². The number of allylic oxidation sites excluding steroid dienone is 5.